The van der Waals surface area contributed by atoms with Crippen LogP contribution in [-0.4, -0.2) is 49.3 Å². The molecule has 0 aliphatic carbocycles. The summed E-state index contributed by atoms with van der Waals surface area (Å²) in [4.78, 5) is 23.8. The Morgan fingerprint density at radius 3 is 2.16 bits per heavy atom. The van der Waals surface area contributed by atoms with E-state index in [0.29, 0.717) is 0 Å². The van der Waals surface area contributed by atoms with Crippen LogP contribution in [0.1, 0.15) is 31.3 Å². The van der Waals surface area contributed by atoms with Gasteiger partial charge in [0.25, 0.3) is 0 Å². The van der Waals surface area contributed by atoms with Gasteiger partial charge in [0.1, 0.15) is 12.2 Å². The zero-order chi connectivity index (χ0) is 22.5. The van der Waals surface area contributed by atoms with E-state index >= 15 is 0 Å². The number of fused-ring (bicyclic) bond motifs is 1. The van der Waals surface area contributed by atoms with Crippen LogP contribution < -0.4 is 0 Å². The highest BCUT2D eigenvalue weighted by molar-refractivity contribution is 5.67. The molecule has 2 aromatic carbocycles. The summed E-state index contributed by atoms with van der Waals surface area (Å²) in [6.07, 6.45) is -4.85. The molecule has 0 aromatic heterocycles. The molecule has 1 unspecified atom stereocenters. The van der Waals surface area contributed by atoms with E-state index in [-0.39, 0.29) is 13.2 Å². The molecule has 0 amide bonds. The van der Waals surface area contributed by atoms with Gasteiger partial charge in [-0.3, -0.25) is 9.59 Å². The summed E-state index contributed by atoms with van der Waals surface area (Å²) in [6, 6.07) is 18.9. The molecule has 32 heavy (non-hydrogen) atoms. The maximum atomic E-state index is 11.9. The standard InChI is InChI=1S/C24H26O8/c1-15(25)29-21-20-19(14-28-23(32-20)18-11-7-4-8-12-18)31-24(22(21)30-16(2)26)27-13-17-9-5-3-6-10-17/h3-12,19-24H,13-14H2,1-2H3/t19-,20-,21+,22-,23?,24-/m1/s1. The lowest BCUT2D eigenvalue weighted by molar-refractivity contribution is -0.363. The number of esters is 2. The summed E-state index contributed by atoms with van der Waals surface area (Å²) in [5.41, 5.74) is 1.74. The molecule has 2 fully saturated rings. The molecule has 2 aliphatic rings. The number of rotatable bonds is 6. The Bertz CT molecular complexity index is 903. The maximum Gasteiger partial charge on any atom is 0.303 e. The molecule has 2 aromatic rings. The van der Waals surface area contributed by atoms with Gasteiger partial charge < -0.3 is 28.4 Å². The minimum atomic E-state index is -1.00. The highest BCUT2D eigenvalue weighted by Crippen LogP contribution is 2.37. The van der Waals surface area contributed by atoms with Crippen LogP contribution in [0, 0.1) is 0 Å². The van der Waals surface area contributed by atoms with E-state index < -0.39 is 48.9 Å². The predicted molar refractivity (Wildman–Crippen MR) is 111 cm³/mol. The Balaban J connectivity index is 1.57. The van der Waals surface area contributed by atoms with Gasteiger partial charge in [-0.15, -0.1) is 0 Å². The number of benzene rings is 2. The molecule has 8 nitrogen and oxygen atoms in total. The molecule has 2 aliphatic heterocycles. The van der Waals surface area contributed by atoms with Crippen LogP contribution >= 0.6 is 0 Å². The summed E-state index contributed by atoms with van der Waals surface area (Å²) in [7, 11) is 0. The monoisotopic (exact) mass is 442 g/mol. The number of carbonyl (C=O) groups is 2. The third-order valence-electron chi connectivity index (χ3n) is 5.22. The number of ether oxygens (including phenoxy) is 6. The van der Waals surface area contributed by atoms with Crippen molar-refractivity contribution in [1.29, 1.82) is 0 Å². The fourth-order valence-corrected chi connectivity index (χ4v) is 3.86. The molecular weight excluding hydrogens is 416 g/mol. The Morgan fingerprint density at radius 1 is 0.875 bits per heavy atom. The van der Waals surface area contributed by atoms with Crippen molar-refractivity contribution in [1.82, 2.24) is 0 Å². The third-order valence-corrected chi connectivity index (χ3v) is 5.22. The second-order valence-corrected chi connectivity index (χ2v) is 7.66. The Hall–Kier alpha value is -2.78. The van der Waals surface area contributed by atoms with E-state index in [0.717, 1.165) is 11.1 Å². The normalized spacial score (nSPS) is 29.6. The van der Waals surface area contributed by atoms with Crippen LogP contribution in [-0.2, 0) is 44.6 Å². The van der Waals surface area contributed by atoms with Crippen LogP contribution in [0.25, 0.3) is 0 Å². The molecule has 4 rings (SSSR count). The van der Waals surface area contributed by atoms with E-state index in [2.05, 4.69) is 0 Å². The van der Waals surface area contributed by atoms with Crippen LogP contribution in [0.4, 0.5) is 0 Å². The fourth-order valence-electron chi connectivity index (χ4n) is 3.86. The van der Waals surface area contributed by atoms with Gasteiger partial charge in [0.05, 0.1) is 13.2 Å². The quantitative estimate of drug-likeness (QED) is 0.631. The topological polar surface area (TPSA) is 89.5 Å². The molecular formula is C24H26O8. The first-order valence-electron chi connectivity index (χ1n) is 10.5. The third kappa shape index (κ3) is 5.34. The number of hydrogen-bond acceptors (Lipinski definition) is 8. The molecule has 0 radical (unpaired) electrons. The second kappa shape index (κ2) is 10.2. The first kappa shape index (κ1) is 22.4. The molecule has 0 N–H and O–H groups in total. The SMILES string of the molecule is CC(=O)O[C@@H]1[C@@H](OC(C)=O)[C@H](OCc2ccccc2)O[C@@H]2COC(c3ccccc3)O[C@@H]12. The van der Waals surface area contributed by atoms with Gasteiger partial charge in [0.15, 0.2) is 24.8 Å². The lowest BCUT2D eigenvalue weighted by atomic mass is 9.97. The summed E-state index contributed by atoms with van der Waals surface area (Å²) >= 11 is 0. The van der Waals surface area contributed by atoms with Crippen molar-refractivity contribution in [3.8, 4) is 0 Å². The Morgan fingerprint density at radius 2 is 1.50 bits per heavy atom. The maximum absolute atomic E-state index is 11.9. The Kier molecular flexibility index (Phi) is 7.16. The van der Waals surface area contributed by atoms with E-state index in [1.807, 2.05) is 60.7 Å². The molecule has 2 saturated heterocycles. The molecule has 170 valence electrons. The summed E-state index contributed by atoms with van der Waals surface area (Å²) < 4.78 is 35.1. The van der Waals surface area contributed by atoms with E-state index in [9.17, 15) is 9.59 Å². The van der Waals surface area contributed by atoms with Gasteiger partial charge in [0, 0.05) is 19.4 Å². The van der Waals surface area contributed by atoms with E-state index in [1.165, 1.54) is 13.8 Å². The van der Waals surface area contributed by atoms with Crippen molar-refractivity contribution < 1.29 is 38.0 Å². The minimum Gasteiger partial charge on any atom is -0.455 e. The van der Waals surface area contributed by atoms with Gasteiger partial charge >= 0.3 is 11.9 Å². The minimum absolute atomic E-state index is 0.194. The van der Waals surface area contributed by atoms with Crippen LogP contribution in [0.15, 0.2) is 60.7 Å². The lowest BCUT2D eigenvalue weighted by Gasteiger charge is -2.48. The predicted octanol–water partition coefficient (Wildman–Crippen LogP) is 2.91. The fraction of sp³-hybridized carbons (Fsp3) is 0.417. The van der Waals surface area contributed by atoms with E-state index in [1.54, 1.807) is 0 Å². The van der Waals surface area contributed by atoms with Gasteiger partial charge in [-0.05, 0) is 5.56 Å². The average molecular weight is 442 g/mol. The highest BCUT2D eigenvalue weighted by Gasteiger charge is 2.53. The van der Waals surface area contributed by atoms with Crippen molar-refractivity contribution in [3.05, 3.63) is 71.8 Å². The van der Waals surface area contributed by atoms with Crippen molar-refractivity contribution >= 4 is 11.9 Å². The summed E-state index contributed by atoms with van der Waals surface area (Å²) in [6.45, 7) is 2.99. The first-order valence-corrected chi connectivity index (χ1v) is 10.5. The van der Waals surface area contributed by atoms with Gasteiger partial charge in [-0.1, -0.05) is 60.7 Å². The zero-order valence-corrected chi connectivity index (χ0v) is 17.9. The molecule has 6 atom stereocenters. The molecule has 2 heterocycles. The van der Waals surface area contributed by atoms with E-state index in [4.69, 9.17) is 28.4 Å². The van der Waals surface area contributed by atoms with Crippen molar-refractivity contribution in [2.75, 3.05) is 6.61 Å². The molecule has 0 bridgehead atoms. The highest BCUT2D eigenvalue weighted by atomic mass is 16.8. The zero-order valence-electron chi connectivity index (χ0n) is 17.9. The summed E-state index contributed by atoms with van der Waals surface area (Å²) in [5, 5.41) is 0. The summed E-state index contributed by atoms with van der Waals surface area (Å²) in [5.74, 6) is -1.07. The second-order valence-electron chi connectivity index (χ2n) is 7.66. The first-order chi connectivity index (χ1) is 15.5. The number of hydrogen-bond donors (Lipinski definition) is 0. The Labute approximate surface area is 186 Å². The average Bonchev–Trinajstić information content (AvgIpc) is 2.80. The number of carbonyl (C=O) groups excluding carboxylic acids is 2. The van der Waals surface area contributed by atoms with Crippen LogP contribution in [0.2, 0.25) is 0 Å². The van der Waals surface area contributed by atoms with Crippen molar-refractivity contribution in [2.24, 2.45) is 0 Å². The smallest absolute Gasteiger partial charge is 0.303 e. The van der Waals surface area contributed by atoms with Gasteiger partial charge in [-0.2, -0.15) is 0 Å². The molecule has 0 spiro atoms. The van der Waals surface area contributed by atoms with Gasteiger partial charge in [0.2, 0.25) is 0 Å². The van der Waals surface area contributed by atoms with Crippen LogP contribution in [0.3, 0.4) is 0 Å². The lowest BCUT2D eigenvalue weighted by Crippen LogP contribution is -2.64. The van der Waals surface area contributed by atoms with Crippen molar-refractivity contribution in [3.63, 3.8) is 0 Å². The largest absolute Gasteiger partial charge is 0.455 e. The van der Waals surface area contributed by atoms with Gasteiger partial charge in [-0.25, -0.2) is 0 Å². The van der Waals surface area contributed by atoms with Crippen molar-refractivity contribution in [2.45, 2.75) is 57.5 Å². The van der Waals surface area contributed by atoms with Crippen LogP contribution in [0.5, 0.6) is 0 Å². The molecule has 8 heteroatoms. The molecule has 0 saturated carbocycles.